The molecule has 0 fully saturated rings. The van der Waals surface area contributed by atoms with Crippen LogP contribution >= 0.6 is 0 Å². The van der Waals surface area contributed by atoms with Crippen LogP contribution in [0.25, 0.3) is 0 Å². The average Bonchev–Trinajstić information content (AvgIpc) is 2.47. The molecule has 0 amide bonds. The number of nitrogens with zero attached hydrogens (tertiary/aromatic N) is 2. The Hall–Kier alpha value is -3.20. The van der Waals surface area contributed by atoms with Crippen molar-refractivity contribution in [3.63, 3.8) is 0 Å². The molecule has 0 bridgehead atoms. The maximum Gasteiger partial charge on any atom is 0.314 e. The van der Waals surface area contributed by atoms with Gasteiger partial charge in [-0.2, -0.15) is 5.26 Å². The van der Waals surface area contributed by atoms with E-state index in [-0.39, 0.29) is 22.7 Å². The van der Waals surface area contributed by atoms with Crippen molar-refractivity contribution in [2.24, 2.45) is 0 Å². The standard InChI is InChI=1S/C15H10N2O4/c1-10-3-2-4-14(15(10)17(19)20)21-13-6-5-11(9-18)7-12(13)8-16/h2-7,9H,1H3. The maximum absolute atomic E-state index is 11.1. The summed E-state index contributed by atoms with van der Waals surface area (Å²) < 4.78 is 5.49. The fourth-order valence-electron chi connectivity index (χ4n) is 1.86. The highest BCUT2D eigenvalue weighted by Gasteiger charge is 2.19. The second-order valence-electron chi connectivity index (χ2n) is 4.27. The Morgan fingerprint density at radius 2 is 2.05 bits per heavy atom. The summed E-state index contributed by atoms with van der Waals surface area (Å²) in [4.78, 5) is 21.3. The lowest BCUT2D eigenvalue weighted by Gasteiger charge is -2.09. The summed E-state index contributed by atoms with van der Waals surface area (Å²) >= 11 is 0. The van der Waals surface area contributed by atoms with E-state index in [1.54, 1.807) is 19.1 Å². The van der Waals surface area contributed by atoms with Gasteiger partial charge in [-0.1, -0.05) is 12.1 Å². The molecule has 6 nitrogen and oxygen atoms in total. The van der Waals surface area contributed by atoms with Gasteiger partial charge in [0.2, 0.25) is 5.75 Å². The zero-order chi connectivity index (χ0) is 15.4. The quantitative estimate of drug-likeness (QED) is 0.486. The molecule has 0 aromatic heterocycles. The molecule has 21 heavy (non-hydrogen) atoms. The lowest BCUT2D eigenvalue weighted by atomic mass is 10.1. The van der Waals surface area contributed by atoms with Crippen molar-refractivity contribution < 1.29 is 14.5 Å². The third kappa shape index (κ3) is 2.87. The minimum atomic E-state index is -0.531. The van der Waals surface area contributed by atoms with E-state index >= 15 is 0 Å². The van der Waals surface area contributed by atoms with E-state index in [1.165, 1.54) is 24.3 Å². The van der Waals surface area contributed by atoms with Crippen LogP contribution in [0.4, 0.5) is 5.69 Å². The van der Waals surface area contributed by atoms with Gasteiger partial charge in [0.05, 0.1) is 10.5 Å². The summed E-state index contributed by atoms with van der Waals surface area (Å²) in [5.74, 6) is 0.215. The number of para-hydroxylation sites is 1. The molecule has 6 heteroatoms. The summed E-state index contributed by atoms with van der Waals surface area (Å²) in [5, 5.41) is 20.2. The number of ether oxygens (including phenoxy) is 1. The van der Waals surface area contributed by atoms with Crippen LogP contribution in [0.1, 0.15) is 21.5 Å². The predicted octanol–water partition coefficient (Wildman–Crippen LogP) is 3.38. The van der Waals surface area contributed by atoms with Crippen LogP contribution in [0.15, 0.2) is 36.4 Å². The summed E-state index contributed by atoms with van der Waals surface area (Å²) in [5.41, 5.74) is 0.773. The average molecular weight is 282 g/mol. The molecule has 0 aliphatic rings. The summed E-state index contributed by atoms with van der Waals surface area (Å²) in [6.45, 7) is 1.60. The largest absolute Gasteiger partial charge is 0.449 e. The Balaban J connectivity index is 2.49. The van der Waals surface area contributed by atoms with E-state index in [9.17, 15) is 14.9 Å². The monoisotopic (exact) mass is 282 g/mol. The highest BCUT2D eigenvalue weighted by Crippen LogP contribution is 2.35. The van der Waals surface area contributed by atoms with Crippen molar-refractivity contribution in [3.05, 3.63) is 63.2 Å². The first-order valence-electron chi connectivity index (χ1n) is 5.98. The van der Waals surface area contributed by atoms with Crippen LogP contribution in [0.3, 0.4) is 0 Å². The van der Waals surface area contributed by atoms with E-state index in [4.69, 9.17) is 10.00 Å². The molecule has 2 aromatic rings. The smallest absolute Gasteiger partial charge is 0.314 e. The molecule has 0 aliphatic heterocycles. The number of hydrogen-bond donors (Lipinski definition) is 0. The molecule has 0 heterocycles. The number of hydrogen-bond acceptors (Lipinski definition) is 5. The third-order valence-electron chi connectivity index (χ3n) is 2.86. The van der Waals surface area contributed by atoms with Crippen molar-refractivity contribution in [1.29, 1.82) is 5.26 Å². The molecule has 2 aromatic carbocycles. The third-order valence-corrected chi connectivity index (χ3v) is 2.86. The number of nitro groups is 1. The zero-order valence-electron chi connectivity index (χ0n) is 11.1. The zero-order valence-corrected chi connectivity index (χ0v) is 11.1. The number of carbonyl (C=O) groups excluding carboxylic acids is 1. The number of nitriles is 1. The molecule has 0 atom stereocenters. The van der Waals surface area contributed by atoms with Gasteiger partial charge in [-0.05, 0) is 31.2 Å². The minimum absolute atomic E-state index is 0.0513. The van der Waals surface area contributed by atoms with Crippen molar-refractivity contribution in [2.75, 3.05) is 0 Å². The summed E-state index contributed by atoms with van der Waals surface area (Å²) in [7, 11) is 0. The van der Waals surface area contributed by atoms with E-state index in [0.717, 1.165) is 0 Å². The number of aldehydes is 1. The van der Waals surface area contributed by atoms with Crippen molar-refractivity contribution in [2.45, 2.75) is 6.92 Å². The number of aryl methyl sites for hydroxylation is 1. The molecule has 2 rings (SSSR count). The maximum atomic E-state index is 11.1. The van der Waals surface area contributed by atoms with Gasteiger partial charge in [-0.25, -0.2) is 0 Å². The first-order chi connectivity index (χ1) is 10.1. The highest BCUT2D eigenvalue weighted by atomic mass is 16.6. The minimum Gasteiger partial charge on any atom is -0.449 e. The Kier molecular flexibility index (Phi) is 3.95. The number of carbonyl (C=O) groups is 1. The number of benzene rings is 2. The summed E-state index contributed by atoms with van der Waals surface area (Å²) in [6, 6.07) is 10.9. The van der Waals surface area contributed by atoms with Gasteiger partial charge in [0.25, 0.3) is 0 Å². The van der Waals surface area contributed by atoms with E-state index in [2.05, 4.69) is 0 Å². The SMILES string of the molecule is Cc1cccc(Oc2ccc(C=O)cc2C#N)c1[N+](=O)[O-]. The van der Waals surface area contributed by atoms with E-state index in [1.807, 2.05) is 6.07 Å². The van der Waals surface area contributed by atoms with Gasteiger partial charge in [-0.15, -0.1) is 0 Å². The molecule has 0 unspecified atom stereocenters. The fraction of sp³-hybridized carbons (Fsp3) is 0.0667. The highest BCUT2D eigenvalue weighted by molar-refractivity contribution is 5.76. The normalized spacial score (nSPS) is 9.71. The first-order valence-corrected chi connectivity index (χ1v) is 5.98. The van der Waals surface area contributed by atoms with Crippen molar-refractivity contribution in [3.8, 4) is 17.6 Å². The van der Waals surface area contributed by atoms with Gasteiger partial charge in [0, 0.05) is 11.1 Å². The van der Waals surface area contributed by atoms with Gasteiger partial charge >= 0.3 is 5.69 Å². The second-order valence-corrected chi connectivity index (χ2v) is 4.27. The molecular formula is C15H10N2O4. The Morgan fingerprint density at radius 1 is 1.29 bits per heavy atom. The predicted molar refractivity (Wildman–Crippen MR) is 74.5 cm³/mol. The Morgan fingerprint density at radius 3 is 2.67 bits per heavy atom. The Bertz CT molecular complexity index is 763. The number of nitro benzene ring substituents is 1. The molecule has 0 spiro atoms. The second kappa shape index (κ2) is 5.84. The molecule has 0 aliphatic carbocycles. The van der Waals surface area contributed by atoms with Gasteiger partial charge in [-0.3, -0.25) is 14.9 Å². The van der Waals surface area contributed by atoms with Crippen LogP contribution in [-0.2, 0) is 0 Å². The lowest BCUT2D eigenvalue weighted by Crippen LogP contribution is -1.97. The van der Waals surface area contributed by atoms with Crippen molar-refractivity contribution >= 4 is 12.0 Å². The van der Waals surface area contributed by atoms with Crippen LogP contribution < -0.4 is 4.74 Å². The van der Waals surface area contributed by atoms with E-state index in [0.29, 0.717) is 17.4 Å². The van der Waals surface area contributed by atoms with Crippen LogP contribution in [0, 0.1) is 28.4 Å². The van der Waals surface area contributed by atoms with Crippen LogP contribution in [0.5, 0.6) is 11.5 Å². The molecule has 104 valence electrons. The first kappa shape index (κ1) is 14.2. The van der Waals surface area contributed by atoms with Gasteiger partial charge in [0.15, 0.2) is 0 Å². The molecule has 0 saturated heterocycles. The van der Waals surface area contributed by atoms with Gasteiger partial charge in [0.1, 0.15) is 18.1 Å². The lowest BCUT2D eigenvalue weighted by molar-refractivity contribution is -0.386. The van der Waals surface area contributed by atoms with Gasteiger partial charge < -0.3 is 4.74 Å². The summed E-state index contributed by atoms with van der Waals surface area (Å²) in [6.07, 6.45) is 0.611. The Labute approximate surface area is 120 Å². The van der Waals surface area contributed by atoms with Crippen LogP contribution in [0.2, 0.25) is 0 Å². The van der Waals surface area contributed by atoms with Crippen LogP contribution in [-0.4, -0.2) is 11.2 Å². The van der Waals surface area contributed by atoms with E-state index < -0.39 is 4.92 Å². The topological polar surface area (TPSA) is 93.2 Å². The molecule has 0 radical (unpaired) electrons. The fourth-order valence-corrected chi connectivity index (χ4v) is 1.86. The number of rotatable bonds is 4. The van der Waals surface area contributed by atoms with Crippen molar-refractivity contribution in [1.82, 2.24) is 0 Å². The molecular weight excluding hydrogens is 272 g/mol. The molecule has 0 N–H and O–H groups in total. The molecule has 0 saturated carbocycles.